The van der Waals surface area contributed by atoms with Crippen molar-refractivity contribution >= 4 is 5.91 Å². The Labute approximate surface area is 115 Å². The number of aromatic nitrogens is 4. The van der Waals surface area contributed by atoms with Crippen molar-refractivity contribution in [3.05, 3.63) is 29.9 Å². The van der Waals surface area contributed by atoms with Crippen molar-refractivity contribution < 1.29 is 9.32 Å². The van der Waals surface area contributed by atoms with Crippen molar-refractivity contribution in [3.8, 4) is 0 Å². The Morgan fingerprint density at radius 3 is 3.10 bits per heavy atom. The third kappa shape index (κ3) is 2.85. The summed E-state index contributed by atoms with van der Waals surface area (Å²) >= 11 is 0. The van der Waals surface area contributed by atoms with Crippen LogP contribution in [0.25, 0.3) is 0 Å². The van der Waals surface area contributed by atoms with Crippen LogP contribution in [-0.4, -0.2) is 39.1 Å². The van der Waals surface area contributed by atoms with Crippen molar-refractivity contribution in [2.45, 2.75) is 25.4 Å². The van der Waals surface area contributed by atoms with E-state index in [9.17, 15) is 4.79 Å². The molecule has 0 aliphatic carbocycles. The third-order valence-electron chi connectivity index (χ3n) is 3.35. The van der Waals surface area contributed by atoms with E-state index in [2.05, 4.69) is 26.1 Å². The Bertz CT molecular complexity index is 558. The van der Waals surface area contributed by atoms with Crippen LogP contribution in [0.1, 0.15) is 35.1 Å². The van der Waals surface area contributed by atoms with Crippen molar-refractivity contribution in [1.29, 1.82) is 0 Å². The summed E-state index contributed by atoms with van der Waals surface area (Å²) < 4.78 is 6.48. The first-order valence-corrected chi connectivity index (χ1v) is 6.63. The lowest BCUT2D eigenvalue weighted by Gasteiger charge is -2.22. The molecule has 8 heteroatoms. The molecular weight excluding hydrogens is 260 g/mol. The summed E-state index contributed by atoms with van der Waals surface area (Å²) in [6.45, 7) is 2.26. The predicted molar refractivity (Wildman–Crippen MR) is 68.8 cm³/mol. The molecule has 0 unspecified atom stereocenters. The zero-order chi connectivity index (χ0) is 13.8. The third-order valence-corrected chi connectivity index (χ3v) is 3.35. The van der Waals surface area contributed by atoms with Gasteiger partial charge in [-0.15, -0.1) is 5.10 Å². The summed E-state index contributed by atoms with van der Waals surface area (Å²) in [4.78, 5) is 11.9. The minimum Gasteiger partial charge on any atom is -0.364 e. The van der Waals surface area contributed by atoms with E-state index in [-0.39, 0.29) is 5.91 Å². The number of piperidine rings is 1. The summed E-state index contributed by atoms with van der Waals surface area (Å²) in [6.07, 6.45) is 5.18. The molecule has 20 heavy (non-hydrogen) atoms. The molecule has 0 saturated carbocycles. The minimum atomic E-state index is -0.256. The average molecular weight is 276 g/mol. The highest BCUT2D eigenvalue weighted by molar-refractivity contribution is 5.91. The normalized spacial score (nSPS) is 16.2. The summed E-state index contributed by atoms with van der Waals surface area (Å²) in [5.41, 5.74) is 0.996. The molecule has 2 N–H and O–H groups in total. The standard InChI is InChI=1S/C12H16N6O2/c19-12(14-7-9-3-6-20-16-9)11-8-18(17-15-11)10-1-4-13-5-2-10/h3,6,8,10,13H,1-2,4-5,7H2,(H,14,19). The van der Waals surface area contributed by atoms with Gasteiger partial charge in [0.2, 0.25) is 0 Å². The van der Waals surface area contributed by atoms with Crippen molar-refractivity contribution in [1.82, 2.24) is 30.8 Å². The molecule has 1 amide bonds. The molecule has 0 atom stereocenters. The Balaban J connectivity index is 1.59. The smallest absolute Gasteiger partial charge is 0.273 e. The number of nitrogens with zero attached hydrogens (tertiary/aromatic N) is 4. The average Bonchev–Trinajstić information content (AvgIpc) is 3.17. The Hall–Kier alpha value is -2.22. The van der Waals surface area contributed by atoms with Crippen LogP contribution in [0.15, 0.2) is 23.0 Å². The number of rotatable bonds is 4. The summed E-state index contributed by atoms with van der Waals surface area (Å²) in [5.74, 6) is -0.256. The van der Waals surface area contributed by atoms with E-state index in [4.69, 9.17) is 4.52 Å². The highest BCUT2D eigenvalue weighted by Crippen LogP contribution is 2.16. The first kappa shape index (κ1) is 12.8. The van der Waals surface area contributed by atoms with Gasteiger partial charge in [-0.25, -0.2) is 4.68 Å². The van der Waals surface area contributed by atoms with Crippen LogP contribution in [-0.2, 0) is 6.54 Å². The molecule has 1 fully saturated rings. The van der Waals surface area contributed by atoms with Crippen LogP contribution in [0, 0.1) is 0 Å². The van der Waals surface area contributed by atoms with Crippen molar-refractivity contribution in [3.63, 3.8) is 0 Å². The van der Waals surface area contributed by atoms with Gasteiger partial charge in [0.05, 0.1) is 18.8 Å². The van der Waals surface area contributed by atoms with Crippen LogP contribution in [0.3, 0.4) is 0 Å². The molecular formula is C12H16N6O2. The van der Waals surface area contributed by atoms with Crippen LogP contribution < -0.4 is 10.6 Å². The lowest BCUT2D eigenvalue weighted by molar-refractivity contribution is 0.0945. The molecule has 0 spiro atoms. The fraction of sp³-hybridized carbons (Fsp3) is 0.500. The second-order valence-electron chi connectivity index (χ2n) is 4.74. The maximum atomic E-state index is 11.9. The van der Waals surface area contributed by atoms with Crippen molar-refractivity contribution in [2.24, 2.45) is 0 Å². The first-order chi connectivity index (χ1) is 9.83. The number of carbonyl (C=O) groups excluding carboxylic acids is 1. The minimum absolute atomic E-state index is 0.256. The lowest BCUT2D eigenvalue weighted by atomic mass is 10.1. The number of hydrogen-bond acceptors (Lipinski definition) is 6. The molecule has 1 saturated heterocycles. The van der Waals surface area contributed by atoms with Gasteiger partial charge in [-0.2, -0.15) is 0 Å². The highest BCUT2D eigenvalue weighted by atomic mass is 16.5. The molecule has 8 nitrogen and oxygen atoms in total. The number of carbonyl (C=O) groups is 1. The molecule has 2 aromatic rings. The van der Waals surface area contributed by atoms with Gasteiger partial charge < -0.3 is 15.2 Å². The quantitative estimate of drug-likeness (QED) is 0.823. The zero-order valence-corrected chi connectivity index (χ0v) is 11.0. The molecule has 3 heterocycles. The van der Waals surface area contributed by atoms with Gasteiger partial charge in [0.1, 0.15) is 12.0 Å². The Morgan fingerprint density at radius 2 is 2.35 bits per heavy atom. The van der Waals surface area contributed by atoms with E-state index in [1.54, 1.807) is 16.9 Å². The molecule has 1 aliphatic rings. The van der Waals surface area contributed by atoms with E-state index in [1.165, 1.54) is 6.26 Å². The molecule has 1 aliphatic heterocycles. The SMILES string of the molecule is O=C(NCc1ccon1)c1cn(C2CCNCC2)nn1. The molecule has 0 aromatic carbocycles. The monoisotopic (exact) mass is 276 g/mol. The van der Waals surface area contributed by atoms with Gasteiger partial charge >= 0.3 is 0 Å². The van der Waals surface area contributed by atoms with E-state index >= 15 is 0 Å². The molecule has 2 aromatic heterocycles. The van der Waals surface area contributed by atoms with E-state index in [1.807, 2.05) is 0 Å². The summed E-state index contributed by atoms with van der Waals surface area (Å²) in [7, 11) is 0. The maximum Gasteiger partial charge on any atom is 0.273 e. The van der Waals surface area contributed by atoms with Crippen LogP contribution in [0.5, 0.6) is 0 Å². The number of nitrogens with one attached hydrogen (secondary N) is 2. The topological polar surface area (TPSA) is 97.9 Å². The lowest BCUT2D eigenvalue weighted by Crippen LogP contribution is -2.29. The molecule has 0 bridgehead atoms. The largest absolute Gasteiger partial charge is 0.364 e. The fourth-order valence-corrected chi connectivity index (χ4v) is 2.22. The fourth-order valence-electron chi connectivity index (χ4n) is 2.22. The van der Waals surface area contributed by atoms with E-state index in [0.29, 0.717) is 24.0 Å². The van der Waals surface area contributed by atoms with Gasteiger partial charge in [-0.1, -0.05) is 10.4 Å². The van der Waals surface area contributed by atoms with Crippen molar-refractivity contribution in [2.75, 3.05) is 13.1 Å². The van der Waals surface area contributed by atoms with Crippen LogP contribution in [0.2, 0.25) is 0 Å². The van der Waals surface area contributed by atoms with Gasteiger partial charge in [0.15, 0.2) is 5.69 Å². The highest BCUT2D eigenvalue weighted by Gasteiger charge is 2.18. The predicted octanol–water partition coefficient (Wildman–Crippen LogP) is 0.121. The van der Waals surface area contributed by atoms with Gasteiger partial charge in [-0.3, -0.25) is 4.79 Å². The second-order valence-corrected chi connectivity index (χ2v) is 4.74. The summed E-state index contributed by atoms with van der Waals surface area (Å²) in [6, 6.07) is 2.02. The molecule has 106 valence electrons. The second kappa shape index (κ2) is 5.83. The van der Waals surface area contributed by atoms with Gasteiger partial charge in [-0.05, 0) is 25.9 Å². The molecule has 3 rings (SSSR count). The Morgan fingerprint density at radius 1 is 1.50 bits per heavy atom. The van der Waals surface area contributed by atoms with Gasteiger partial charge in [0, 0.05) is 6.07 Å². The van der Waals surface area contributed by atoms with Crippen LogP contribution in [0.4, 0.5) is 0 Å². The first-order valence-electron chi connectivity index (χ1n) is 6.63. The summed E-state index contributed by atoms with van der Waals surface area (Å²) in [5, 5.41) is 17.7. The number of amides is 1. The van der Waals surface area contributed by atoms with E-state index in [0.717, 1.165) is 25.9 Å². The number of hydrogen-bond donors (Lipinski definition) is 2. The maximum absolute atomic E-state index is 11.9. The molecule has 0 radical (unpaired) electrons. The zero-order valence-electron chi connectivity index (χ0n) is 11.0. The Kier molecular flexibility index (Phi) is 3.73. The van der Waals surface area contributed by atoms with Crippen LogP contribution >= 0.6 is 0 Å². The van der Waals surface area contributed by atoms with E-state index < -0.39 is 0 Å². The van der Waals surface area contributed by atoms with Gasteiger partial charge in [0.25, 0.3) is 5.91 Å².